The van der Waals surface area contributed by atoms with Crippen LogP contribution in [0.4, 0.5) is 9.18 Å². The summed E-state index contributed by atoms with van der Waals surface area (Å²) in [7, 11) is 0. The first-order valence-electron chi connectivity index (χ1n) is 5.51. The Morgan fingerprint density at radius 3 is 3.13 bits per heavy atom. The number of ether oxygens (including phenoxy) is 1. The van der Waals surface area contributed by atoms with Crippen molar-refractivity contribution in [3.05, 3.63) is 0 Å². The number of hydrogen-bond donors (Lipinski definition) is 1. The predicted molar refractivity (Wildman–Crippen MR) is 53.4 cm³/mol. The van der Waals surface area contributed by atoms with Crippen LogP contribution in [-0.4, -0.2) is 50.0 Å². The van der Waals surface area contributed by atoms with Gasteiger partial charge in [0.1, 0.15) is 13.3 Å². The molecule has 0 aromatic heterocycles. The van der Waals surface area contributed by atoms with Crippen molar-refractivity contribution in [3.8, 4) is 0 Å². The molecule has 0 aliphatic carbocycles. The van der Waals surface area contributed by atoms with Crippen LogP contribution in [-0.2, 0) is 4.74 Å². The van der Waals surface area contributed by atoms with E-state index in [1.54, 1.807) is 4.90 Å². The second kappa shape index (κ2) is 4.79. The number of carbonyl (C=O) groups is 1. The Labute approximate surface area is 88.8 Å². The molecule has 0 aromatic carbocycles. The molecule has 3 saturated heterocycles. The molecule has 5 heteroatoms. The van der Waals surface area contributed by atoms with Gasteiger partial charge in [-0.1, -0.05) is 0 Å². The maximum absolute atomic E-state index is 11.9. The van der Waals surface area contributed by atoms with Crippen molar-refractivity contribution in [1.29, 1.82) is 0 Å². The maximum atomic E-state index is 11.9. The molecule has 4 nitrogen and oxygen atoms in total. The highest BCUT2D eigenvalue weighted by Crippen LogP contribution is 2.24. The molecular weight excluding hydrogens is 199 g/mol. The van der Waals surface area contributed by atoms with Gasteiger partial charge < -0.3 is 15.0 Å². The van der Waals surface area contributed by atoms with Gasteiger partial charge in [-0.3, -0.25) is 0 Å². The maximum Gasteiger partial charge on any atom is 0.410 e. The van der Waals surface area contributed by atoms with Crippen LogP contribution in [0, 0.1) is 5.92 Å². The van der Waals surface area contributed by atoms with Crippen molar-refractivity contribution in [2.24, 2.45) is 5.92 Å². The minimum Gasteiger partial charge on any atom is -0.447 e. The summed E-state index contributed by atoms with van der Waals surface area (Å²) >= 11 is 0. The fourth-order valence-electron chi connectivity index (χ4n) is 2.37. The Bertz CT molecular complexity index is 233. The third-order valence-corrected chi connectivity index (χ3v) is 3.15. The summed E-state index contributed by atoms with van der Waals surface area (Å²) in [5.41, 5.74) is 0. The number of hydrogen-bond acceptors (Lipinski definition) is 3. The lowest BCUT2D eigenvalue weighted by molar-refractivity contribution is 0.0652. The van der Waals surface area contributed by atoms with Crippen LogP contribution in [0.3, 0.4) is 0 Å². The molecular formula is C10H17FN2O2. The predicted octanol–water partition coefficient (Wildman–Crippen LogP) is 0.776. The van der Waals surface area contributed by atoms with E-state index in [2.05, 4.69) is 5.32 Å². The summed E-state index contributed by atoms with van der Waals surface area (Å²) in [5, 5.41) is 3.33. The summed E-state index contributed by atoms with van der Waals surface area (Å²) < 4.78 is 16.7. The summed E-state index contributed by atoms with van der Waals surface area (Å²) in [5.74, 6) is 0.529. The summed E-state index contributed by atoms with van der Waals surface area (Å²) in [4.78, 5) is 13.4. The minimum atomic E-state index is -0.605. The van der Waals surface area contributed by atoms with Crippen molar-refractivity contribution < 1.29 is 13.9 Å². The van der Waals surface area contributed by atoms with Crippen LogP contribution in [0.5, 0.6) is 0 Å². The monoisotopic (exact) mass is 216 g/mol. The number of fused-ring (bicyclic) bond motifs is 4. The number of amides is 1. The number of carbonyl (C=O) groups excluding carboxylic acids is 1. The molecule has 0 radical (unpaired) electrons. The van der Waals surface area contributed by atoms with Gasteiger partial charge in [-0.25, -0.2) is 9.18 Å². The van der Waals surface area contributed by atoms with E-state index in [1.165, 1.54) is 6.42 Å². The quantitative estimate of drug-likeness (QED) is 0.741. The van der Waals surface area contributed by atoms with E-state index in [0.29, 0.717) is 5.92 Å². The Morgan fingerprint density at radius 1 is 1.47 bits per heavy atom. The highest BCUT2D eigenvalue weighted by molar-refractivity contribution is 5.68. The van der Waals surface area contributed by atoms with Crippen LogP contribution >= 0.6 is 0 Å². The molecule has 2 atom stereocenters. The molecule has 3 aliphatic rings. The lowest BCUT2D eigenvalue weighted by Gasteiger charge is -2.35. The van der Waals surface area contributed by atoms with Gasteiger partial charge in [-0.2, -0.15) is 0 Å². The zero-order chi connectivity index (χ0) is 10.7. The molecule has 2 unspecified atom stereocenters. The van der Waals surface area contributed by atoms with Gasteiger partial charge in [0.2, 0.25) is 0 Å². The second-order valence-corrected chi connectivity index (χ2v) is 4.21. The number of halogens is 1. The Morgan fingerprint density at radius 2 is 2.33 bits per heavy atom. The molecule has 2 bridgehead atoms. The van der Waals surface area contributed by atoms with Crippen LogP contribution in [0.25, 0.3) is 0 Å². The van der Waals surface area contributed by atoms with Gasteiger partial charge in [-0.15, -0.1) is 0 Å². The van der Waals surface area contributed by atoms with Crippen LogP contribution in [0.15, 0.2) is 0 Å². The van der Waals surface area contributed by atoms with E-state index in [9.17, 15) is 9.18 Å². The molecule has 3 heterocycles. The molecule has 1 N–H and O–H groups in total. The van der Waals surface area contributed by atoms with E-state index in [1.807, 2.05) is 0 Å². The summed E-state index contributed by atoms with van der Waals surface area (Å²) in [6, 6.07) is 0.232. The van der Waals surface area contributed by atoms with Gasteiger partial charge in [0.15, 0.2) is 0 Å². The van der Waals surface area contributed by atoms with Crippen molar-refractivity contribution in [3.63, 3.8) is 0 Å². The molecule has 0 aromatic rings. The fourth-order valence-corrected chi connectivity index (χ4v) is 2.37. The lowest BCUT2D eigenvalue weighted by Crippen LogP contribution is -2.47. The number of nitrogens with zero attached hydrogens (tertiary/aromatic N) is 1. The molecule has 3 aliphatic heterocycles. The standard InChI is InChI=1S/C10H17FN2O2/c11-3-4-15-10(14)13-7-8-1-2-9(13)6-12-5-8/h8-9,12H,1-7H2. The Kier molecular flexibility index (Phi) is 3.41. The van der Waals surface area contributed by atoms with Crippen LogP contribution in [0.1, 0.15) is 12.8 Å². The van der Waals surface area contributed by atoms with E-state index >= 15 is 0 Å². The van der Waals surface area contributed by atoms with Gasteiger partial charge in [0.25, 0.3) is 0 Å². The van der Waals surface area contributed by atoms with E-state index in [4.69, 9.17) is 4.74 Å². The van der Waals surface area contributed by atoms with E-state index < -0.39 is 6.67 Å². The van der Waals surface area contributed by atoms with Crippen molar-refractivity contribution in [1.82, 2.24) is 10.2 Å². The average molecular weight is 216 g/mol. The Hall–Kier alpha value is -0.840. The smallest absolute Gasteiger partial charge is 0.410 e. The molecule has 3 rings (SSSR count). The topological polar surface area (TPSA) is 41.6 Å². The highest BCUT2D eigenvalue weighted by atomic mass is 19.1. The first kappa shape index (κ1) is 10.7. The normalized spacial score (nSPS) is 30.1. The number of alkyl halides is 1. The van der Waals surface area contributed by atoms with E-state index in [-0.39, 0.29) is 18.7 Å². The number of rotatable bonds is 2. The SMILES string of the molecule is O=C(OCCF)N1CC2CCC1CNC2. The zero-order valence-corrected chi connectivity index (χ0v) is 8.75. The van der Waals surface area contributed by atoms with Gasteiger partial charge in [-0.05, 0) is 25.3 Å². The molecule has 86 valence electrons. The number of nitrogens with one attached hydrogen (secondary N) is 1. The first-order valence-corrected chi connectivity index (χ1v) is 5.51. The van der Waals surface area contributed by atoms with Crippen molar-refractivity contribution in [2.75, 3.05) is 32.9 Å². The summed E-state index contributed by atoms with van der Waals surface area (Å²) in [6.07, 6.45) is 1.85. The average Bonchev–Trinajstić information content (AvgIpc) is 2.60. The third-order valence-electron chi connectivity index (χ3n) is 3.15. The molecule has 1 amide bonds. The van der Waals surface area contributed by atoms with Gasteiger partial charge in [0, 0.05) is 19.1 Å². The van der Waals surface area contributed by atoms with Crippen LogP contribution < -0.4 is 5.32 Å². The Balaban J connectivity index is 1.93. The van der Waals surface area contributed by atoms with Crippen molar-refractivity contribution in [2.45, 2.75) is 18.9 Å². The largest absolute Gasteiger partial charge is 0.447 e. The zero-order valence-electron chi connectivity index (χ0n) is 8.75. The summed E-state index contributed by atoms with van der Waals surface area (Å²) in [6.45, 7) is 1.83. The minimum absolute atomic E-state index is 0.125. The van der Waals surface area contributed by atoms with Crippen molar-refractivity contribution >= 4 is 6.09 Å². The van der Waals surface area contributed by atoms with Gasteiger partial charge >= 0.3 is 6.09 Å². The molecule has 0 spiro atoms. The first-order chi connectivity index (χ1) is 7.31. The second-order valence-electron chi connectivity index (χ2n) is 4.21. The van der Waals surface area contributed by atoms with Crippen LogP contribution in [0.2, 0.25) is 0 Å². The third kappa shape index (κ3) is 2.40. The molecule has 0 saturated carbocycles. The highest BCUT2D eigenvalue weighted by Gasteiger charge is 2.34. The molecule has 3 fully saturated rings. The van der Waals surface area contributed by atoms with Gasteiger partial charge in [0.05, 0.1) is 0 Å². The van der Waals surface area contributed by atoms with E-state index in [0.717, 1.165) is 26.1 Å². The fraction of sp³-hybridized carbons (Fsp3) is 0.900. The lowest BCUT2D eigenvalue weighted by atomic mass is 9.95. The number of piperidine rings is 1. The molecule has 15 heavy (non-hydrogen) atoms.